The zero-order valence-electron chi connectivity index (χ0n) is 11.6. The molecular formula is C12H27NO3S. The summed E-state index contributed by atoms with van der Waals surface area (Å²) in [5.74, 6) is 0.560. The van der Waals surface area contributed by atoms with Gasteiger partial charge in [0.15, 0.2) is 0 Å². The first-order chi connectivity index (χ1) is 7.83. The van der Waals surface area contributed by atoms with Crippen LogP contribution in [0.3, 0.4) is 0 Å². The van der Waals surface area contributed by atoms with Crippen LogP contribution in [0, 0.1) is 5.41 Å². The number of methoxy groups -OCH3 is 1. The van der Waals surface area contributed by atoms with E-state index in [0.29, 0.717) is 12.4 Å². The van der Waals surface area contributed by atoms with Gasteiger partial charge in [-0.25, -0.2) is 8.42 Å². The summed E-state index contributed by atoms with van der Waals surface area (Å²) in [6, 6.07) is 0. The Morgan fingerprint density at radius 2 is 1.94 bits per heavy atom. The lowest BCUT2D eigenvalue weighted by Gasteiger charge is -2.25. The van der Waals surface area contributed by atoms with Gasteiger partial charge < -0.3 is 10.1 Å². The van der Waals surface area contributed by atoms with Gasteiger partial charge in [0.05, 0.1) is 12.4 Å². The molecule has 0 rings (SSSR count). The summed E-state index contributed by atoms with van der Waals surface area (Å²) in [5.41, 5.74) is 0.136. The average Bonchev–Trinajstić information content (AvgIpc) is 2.24. The molecule has 0 radical (unpaired) electrons. The first kappa shape index (κ1) is 16.9. The molecule has 0 unspecified atom stereocenters. The smallest absolute Gasteiger partial charge is 0.150 e. The molecule has 0 saturated heterocycles. The number of sulfone groups is 1. The Balaban J connectivity index is 3.78. The van der Waals surface area contributed by atoms with E-state index in [-0.39, 0.29) is 11.2 Å². The van der Waals surface area contributed by atoms with E-state index in [4.69, 9.17) is 4.74 Å². The van der Waals surface area contributed by atoms with Gasteiger partial charge in [-0.05, 0) is 18.3 Å². The van der Waals surface area contributed by atoms with Crippen LogP contribution < -0.4 is 5.32 Å². The molecule has 0 aromatic carbocycles. The van der Waals surface area contributed by atoms with Crippen molar-refractivity contribution in [3.63, 3.8) is 0 Å². The Kier molecular flexibility index (Phi) is 8.00. The van der Waals surface area contributed by atoms with Crippen molar-refractivity contribution in [2.75, 3.05) is 38.3 Å². The second-order valence-electron chi connectivity index (χ2n) is 5.17. The summed E-state index contributed by atoms with van der Waals surface area (Å²) in [4.78, 5) is 0. The van der Waals surface area contributed by atoms with Gasteiger partial charge in [0, 0.05) is 26.0 Å². The van der Waals surface area contributed by atoms with E-state index < -0.39 is 9.84 Å². The molecule has 0 aliphatic heterocycles. The van der Waals surface area contributed by atoms with E-state index in [1.54, 1.807) is 14.0 Å². The summed E-state index contributed by atoms with van der Waals surface area (Å²) in [7, 11) is -1.13. The Bertz CT molecular complexity index is 286. The second-order valence-corrected chi connectivity index (χ2v) is 7.65. The van der Waals surface area contributed by atoms with Crippen LogP contribution >= 0.6 is 0 Å². The van der Waals surface area contributed by atoms with Crippen molar-refractivity contribution in [3.8, 4) is 0 Å². The zero-order valence-corrected chi connectivity index (χ0v) is 12.4. The molecule has 0 aliphatic rings. The van der Waals surface area contributed by atoms with Crippen molar-refractivity contribution >= 4 is 9.84 Å². The second kappa shape index (κ2) is 8.06. The van der Waals surface area contributed by atoms with Crippen LogP contribution in [-0.4, -0.2) is 46.7 Å². The van der Waals surface area contributed by atoms with Crippen LogP contribution in [0.1, 0.15) is 33.6 Å². The van der Waals surface area contributed by atoms with E-state index in [1.807, 2.05) is 0 Å². The molecule has 0 fully saturated rings. The monoisotopic (exact) mass is 265 g/mol. The van der Waals surface area contributed by atoms with Gasteiger partial charge in [-0.1, -0.05) is 20.8 Å². The number of rotatable bonds is 10. The Morgan fingerprint density at radius 1 is 1.29 bits per heavy atom. The SMILES string of the molecule is CCS(=O)(=O)CCCC(C)(C)CNCCOC. The van der Waals surface area contributed by atoms with Gasteiger partial charge in [-0.3, -0.25) is 0 Å². The van der Waals surface area contributed by atoms with Crippen LogP contribution in [0.4, 0.5) is 0 Å². The number of nitrogens with one attached hydrogen (secondary N) is 1. The Labute approximate surface area is 106 Å². The predicted octanol–water partition coefficient (Wildman–Crippen LogP) is 1.46. The quantitative estimate of drug-likeness (QED) is 0.608. The average molecular weight is 265 g/mol. The summed E-state index contributed by atoms with van der Waals surface area (Å²) in [6.45, 7) is 8.46. The minimum Gasteiger partial charge on any atom is -0.383 e. The maximum absolute atomic E-state index is 11.4. The first-order valence-electron chi connectivity index (χ1n) is 6.23. The molecule has 0 aromatic heterocycles. The lowest BCUT2D eigenvalue weighted by molar-refractivity contribution is 0.192. The van der Waals surface area contributed by atoms with E-state index in [0.717, 1.165) is 25.9 Å². The molecule has 0 spiro atoms. The third-order valence-electron chi connectivity index (χ3n) is 2.84. The third kappa shape index (κ3) is 9.56. The highest BCUT2D eigenvalue weighted by Crippen LogP contribution is 2.21. The van der Waals surface area contributed by atoms with Gasteiger partial charge in [0.1, 0.15) is 9.84 Å². The normalized spacial score (nSPS) is 12.9. The fourth-order valence-electron chi connectivity index (χ4n) is 1.60. The van der Waals surface area contributed by atoms with E-state index in [2.05, 4.69) is 19.2 Å². The lowest BCUT2D eigenvalue weighted by Crippen LogP contribution is -2.32. The fraction of sp³-hybridized carbons (Fsp3) is 1.00. The summed E-state index contributed by atoms with van der Waals surface area (Å²) >= 11 is 0. The first-order valence-corrected chi connectivity index (χ1v) is 8.05. The molecule has 0 aromatic rings. The Morgan fingerprint density at radius 3 is 2.47 bits per heavy atom. The molecule has 0 bridgehead atoms. The van der Waals surface area contributed by atoms with Crippen LogP contribution in [0.15, 0.2) is 0 Å². The van der Waals surface area contributed by atoms with Gasteiger partial charge >= 0.3 is 0 Å². The summed E-state index contributed by atoms with van der Waals surface area (Å²) in [6.07, 6.45) is 1.67. The molecule has 4 nitrogen and oxygen atoms in total. The highest BCUT2D eigenvalue weighted by Gasteiger charge is 2.18. The molecule has 104 valence electrons. The maximum atomic E-state index is 11.4. The molecule has 1 N–H and O–H groups in total. The molecule has 0 atom stereocenters. The maximum Gasteiger partial charge on any atom is 0.150 e. The fourth-order valence-corrected chi connectivity index (χ4v) is 2.48. The van der Waals surface area contributed by atoms with Gasteiger partial charge in [0.25, 0.3) is 0 Å². The van der Waals surface area contributed by atoms with Crippen molar-refractivity contribution in [1.29, 1.82) is 0 Å². The highest BCUT2D eigenvalue weighted by molar-refractivity contribution is 7.91. The van der Waals surface area contributed by atoms with Crippen molar-refractivity contribution in [3.05, 3.63) is 0 Å². The van der Waals surface area contributed by atoms with Crippen LogP contribution in [-0.2, 0) is 14.6 Å². The number of ether oxygens (including phenoxy) is 1. The molecule has 5 heteroatoms. The van der Waals surface area contributed by atoms with E-state index >= 15 is 0 Å². The molecule has 0 heterocycles. The molecule has 17 heavy (non-hydrogen) atoms. The molecule has 0 amide bonds. The number of hydrogen-bond donors (Lipinski definition) is 1. The van der Waals surface area contributed by atoms with Gasteiger partial charge in [-0.2, -0.15) is 0 Å². The van der Waals surface area contributed by atoms with Crippen molar-refractivity contribution in [1.82, 2.24) is 5.32 Å². The topological polar surface area (TPSA) is 55.4 Å². The van der Waals surface area contributed by atoms with Crippen LogP contribution in [0.5, 0.6) is 0 Å². The van der Waals surface area contributed by atoms with Gasteiger partial charge in [-0.15, -0.1) is 0 Å². The van der Waals surface area contributed by atoms with Crippen molar-refractivity contribution in [2.45, 2.75) is 33.6 Å². The molecule has 0 saturated carbocycles. The highest BCUT2D eigenvalue weighted by atomic mass is 32.2. The zero-order chi connectivity index (χ0) is 13.4. The number of hydrogen-bond acceptors (Lipinski definition) is 4. The minimum atomic E-state index is -2.81. The third-order valence-corrected chi connectivity index (χ3v) is 4.63. The minimum absolute atomic E-state index is 0.136. The van der Waals surface area contributed by atoms with Crippen molar-refractivity contribution < 1.29 is 13.2 Å². The lowest BCUT2D eigenvalue weighted by atomic mass is 9.88. The largest absolute Gasteiger partial charge is 0.383 e. The Hall–Kier alpha value is -0.130. The molecular weight excluding hydrogens is 238 g/mol. The summed E-state index contributed by atoms with van der Waals surface area (Å²) < 4.78 is 27.7. The molecule has 0 aliphatic carbocycles. The van der Waals surface area contributed by atoms with Crippen molar-refractivity contribution in [2.24, 2.45) is 5.41 Å². The van der Waals surface area contributed by atoms with E-state index in [9.17, 15) is 8.42 Å². The van der Waals surface area contributed by atoms with Crippen LogP contribution in [0.2, 0.25) is 0 Å². The van der Waals surface area contributed by atoms with Gasteiger partial charge in [0.2, 0.25) is 0 Å². The summed E-state index contributed by atoms with van der Waals surface area (Å²) in [5, 5.41) is 3.31. The predicted molar refractivity (Wildman–Crippen MR) is 72.1 cm³/mol. The van der Waals surface area contributed by atoms with Crippen LogP contribution in [0.25, 0.3) is 0 Å². The van der Waals surface area contributed by atoms with E-state index in [1.165, 1.54) is 0 Å². The standard InChI is InChI=1S/C12H27NO3S/c1-5-17(14,15)10-6-7-12(2,3)11-13-8-9-16-4/h13H,5-11H2,1-4H3.